The van der Waals surface area contributed by atoms with Crippen LogP contribution >= 0.6 is 0 Å². The molecular formula is C21H22N2O5. The lowest BCUT2D eigenvalue weighted by Crippen LogP contribution is -2.54. The molecule has 0 N–H and O–H groups in total. The fraction of sp³-hybridized carbons (Fsp3) is 0.524. The van der Waals surface area contributed by atoms with Crippen LogP contribution in [0.25, 0.3) is 0 Å². The van der Waals surface area contributed by atoms with Crippen molar-refractivity contribution >= 4 is 11.9 Å². The smallest absolute Gasteiger partial charge is 0.324 e. The summed E-state index contributed by atoms with van der Waals surface area (Å²) in [4.78, 5) is 25.5. The number of nitrogens with zero attached hydrogens (tertiary/aromatic N) is 2. The number of carbonyl (C=O) groups excluding carboxylic acids is 2. The van der Waals surface area contributed by atoms with Crippen LogP contribution in [0.5, 0.6) is 5.75 Å². The van der Waals surface area contributed by atoms with Crippen LogP contribution < -0.4 is 4.74 Å². The Morgan fingerprint density at radius 3 is 2.04 bits per heavy atom. The molecule has 0 bridgehead atoms. The van der Waals surface area contributed by atoms with E-state index in [1.54, 1.807) is 45.2 Å². The lowest BCUT2D eigenvalue weighted by atomic mass is 9.47. The fourth-order valence-corrected chi connectivity index (χ4v) is 4.72. The third-order valence-electron chi connectivity index (χ3n) is 6.21. The summed E-state index contributed by atoms with van der Waals surface area (Å²) in [6, 6.07) is 11.4. The SMILES string of the molecule is CCOC(=O)C1(C(=O)OCC)C[C@@]12C[C@@H](c1ccc(OC)cc1)C2(C#N)C#N. The molecule has 1 spiro atoms. The van der Waals surface area contributed by atoms with Crippen LogP contribution in [0.1, 0.15) is 38.2 Å². The van der Waals surface area contributed by atoms with Gasteiger partial charge >= 0.3 is 11.9 Å². The Morgan fingerprint density at radius 2 is 1.61 bits per heavy atom. The number of rotatable bonds is 6. The van der Waals surface area contributed by atoms with Crippen molar-refractivity contribution in [2.75, 3.05) is 20.3 Å². The van der Waals surface area contributed by atoms with Crippen LogP contribution in [0.4, 0.5) is 0 Å². The molecule has 7 heteroatoms. The molecule has 2 aliphatic carbocycles. The summed E-state index contributed by atoms with van der Waals surface area (Å²) < 4.78 is 15.4. The molecule has 2 atom stereocenters. The first-order chi connectivity index (χ1) is 13.4. The average molecular weight is 382 g/mol. The van der Waals surface area contributed by atoms with E-state index in [0.29, 0.717) is 12.2 Å². The van der Waals surface area contributed by atoms with Crippen molar-refractivity contribution in [2.45, 2.75) is 32.6 Å². The third kappa shape index (κ3) is 2.26. The molecule has 0 aromatic heterocycles. The molecule has 0 heterocycles. The molecule has 3 rings (SSSR count). The first-order valence-electron chi connectivity index (χ1n) is 9.24. The molecule has 2 fully saturated rings. The summed E-state index contributed by atoms with van der Waals surface area (Å²) in [5.74, 6) is -1.18. The predicted octanol–water partition coefficient (Wildman–Crippen LogP) is 2.72. The van der Waals surface area contributed by atoms with E-state index >= 15 is 0 Å². The van der Waals surface area contributed by atoms with Crippen molar-refractivity contribution in [1.29, 1.82) is 10.5 Å². The molecule has 1 aromatic carbocycles. The van der Waals surface area contributed by atoms with Crippen molar-refractivity contribution in [2.24, 2.45) is 16.2 Å². The molecule has 0 amide bonds. The van der Waals surface area contributed by atoms with Crippen LogP contribution in [-0.4, -0.2) is 32.3 Å². The maximum Gasteiger partial charge on any atom is 0.324 e. The van der Waals surface area contributed by atoms with E-state index in [-0.39, 0.29) is 19.6 Å². The van der Waals surface area contributed by atoms with Crippen LogP contribution in [0.15, 0.2) is 24.3 Å². The molecule has 0 radical (unpaired) electrons. The van der Waals surface area contributed by atoms with Crippen LogP contribution in [0, 0.1) is 38.9 Å². The van der Waals surface area contributed by atoms with Gasteiger partial charge in [0.2, 0.25) is 0 Å². The molecule has 28 heavy (non-hydrogen) atoms. The highest BCUT2D eigenvalue weighted by molar-refractivity contribution is 6.06. The van der Waals surface area contributed by atoms with E-state index in [1.165, 1.54) is 0 Å². The van der Waals surface area contributed by atoms with Crippen molar-refractivity contribution in [3.8, 4) is 17.9 Å². The van der Waals surface area contributed by atoms with Gasteiger partial charge in [-0.2, -0.15) is 10.5 Å². The highest BCUT2D eigenvalue weighted by atomic mass is 16.6. The van der Waals surface area contributed by atoms with E-state index in [2.05, 4.69) is 12.1 Å². The summed E-state index contributed by atoms with van der Waals surface area (Å²) in [5.41, 5.74) is -3.40. The number of esters is 2. The largest absolute Gasteiger partial charge is 0.497 e. The summed E-state index contributed by atoms with van der Waals surface area (Å²) in [6.07, 6.45) is 0.448. The van der Waals surface area contributed by atoms with Gasteiger partial charge in [0.15, 0.2) is 10.8 Å². The molecule has 0 unspecified atom stereocenters. The van der Waals surface area contributed by atoms with E-state index < -0.39 is 34.1 Å². The second-order valence-corrected chi connectivity index (χ2v) is 7.17. The first-order valence-corrected chi connectivity index (χ1v) is 9.24. The second-order valence-electron chi connectivity index (χ2n) is 7.17. The quantitative estimate of drug-likeness (QED) is 0.549. The van der Waals surface area contributed by atoms with Crippen LogP contribution in [0.2, 0.25) is 0 Å². The Labute approximate surface area is 163 Å². The maximum absolute atomic E-state index is 12.7. The van der Waals surface area contributed by atoms with Crippen molar-refractivity contribution in [3.05, 3.63) is 29.8 Å². The third-order valence-corrected chi connectivity index (χ3v) is 6.21. The Morgan fingerprint density at radius 1 is 1.07 bits per heavy atom. The maximum atomic E-state index is 12.7. The number of ether oxygens (including phenoxy) is 3. The Bertz CT molecular complexity index is 848. The fourth-order valence-electron chi connectivity index (χ4n) is 4.72. The van der Waals surface area contributed by atoms with E-state index in [1.807, 2.05) is 0 Å². The zero-order valence-corrected chi connectivity index (χ0v) is 16.2. The van der Waals surface area contributed by atoms with Crippen molar-refractivity contribution in [3.63, 3.8) is 0 Å². The number of carbonyl (C=O) groups is 2. The lowest BCUT2D eigenvalue weighted by molar-refractivity contribution is -0.170. The van der Waals surface area contributed by atoms with Gasteiger partial charge in [0.05, 0.1) is 32.5 Å². The molecule has 146 valence electrons. The van der Waals surface area contributed by atoms with Gasteiger partial charge in [-0.05, 0) is 44.4 Å². The molecule has 2 saturated carbocycles. The monoisotopic (exact) mass is 382 g/mol. The average Bonchev–Trinajstić information content (AvgIpc) is 3.42. The van der Waals surface area contributed by atoms with Crippen molar-refractivity contribution < 1.29 is 23.8 Å². The van der Waals surface area contributed by atoms with Crippen LogP contribution in [0.3, 0.4) is 0 Å². The highest BCUT2D eigenvalue weighted by Gasteiger charge is 2.91. The van der Waals surface area contributed by atoms with E-state index in [0.717, 1.165) is 5.56 Å². The van der Waals surface area contributed by atoms with Gasteiger partial charge in [0.1, 0.15) is 5.75 Å². The van der Waals surface area contributed by atoms with E-state index in [4.69, 9.17) is 14.2 Å². The number of hydrogen-bond acceptors (Lipinski definition) is 7. The summed E-state index contributed by atoms with van der Waals surface area (Å²) in [6.45, 7) is 3.50. The zero-order chi connectivity index (χ0) is 20.6. The van der Waals surface area contributed by atoms with Gasteiger partial charge in [-0.25, -0.2) is 0 Å². The lowest BCUT2D eigenvalue weighted by Gasteiger charge is -2.50. The molecular weight excluding hydrogens is 360 g/mol. The minimum atomic E-state index is -1.59. The van der Waals surface area contributed by atoms with Gasteiger partial charge in [-0.3, -0.25) is 9.59 Å². The summed E-state index contributed by atoms with van der Waals surface area (Å²) >= 11 is 0. The summed E-state index contributed by atoms with van der Waals surface area (Å²) in [7, 11) is 1.55. The number of benzene rings is 1. The van der Waals surface area contributed by atoms with Gasteiger partial charge in [-0.15, -0.1) is 0 Å². The number of methoxy groups -OCH3 is 1. The molecule has 0 saturated heterocycles. The van der Waals surface area contributed by atoms with Gasteiger partial charge < -0.3 is 14.2 Å². The minimum Gasteiger partial charge on any atom is -0.497 e. The number of nitriles is 2. The van der Waals surface area contributed by atoms with E-state index in [9.17, 15) is 20.1 Å². The standard InChI is InChI=1S/C21H22N2O5/c1-4-27-17(24)21(18(25)28-5-2)11-20(21)10-16(19(20,12-22)13-23)14-6-8-15(26-3)9-7-14/h6-9,16H,4-5,10-11H2,1-3H3/t16-,20+/m0/s1. The Kier molecular flexibility index (Phi) is 4.81. The van der Waals surface area contributed by atoms with Crippen molar-refractivity contribution in [1.82, 2.24) is 0 Å². The van der Waals surface area contributed by atoms with Gasteiger partial charge in [0.25, 0.3) is 0 Å². The Balaban J connectivity index is 2.02. The topological polar surface area (TPSA) is 109 Å². The molecule has 2 aliphatic rings. The van der Waals surface area contributed by atoms with Gasteiger partial charge in [-0.1, -0.05) is 12.1 Å². The Hall–Kier alpha value is -3.06. The van der Waals surface area contributed by atoms with Gasteiger partial charge in [0, 0.05) is 11.3 Å². The molecule has 7 nitrogen and oxygen atoms in total. The molecule has 1 aromatic rings. The molecule has 0 aliphatic heterocycles. The second kappa shape index (κ2) is 6.83. The number of hydrogen-bond donors (Lipinski definition) is 0. The highest BCUT2D eigenvalue weighted by Crippen LogP contribution is 2.85. The first kappa shape index (κ1) is 19.7. The minimum absolute atomic E-state index is 0.0887. The van der Waals surface area contributed by atoms with Crippen LogP contribution in [-0.2, 0) is 19.1 Å². The predicted molar refractivity (Wildman–Crippen MR) is 96.8 cm³/mol. The summed E-state index contributed by atoms with van der Waals surface area (Å²) in [5, 5.41) is 20.0. The zero-order valence-electron chi connectivity index (χ0n) is 16.2. The normalized spacial score (nSPS) is 25.5.